The van der Waals surface area contributed by atoms with E-state index in [1.165, 1.54) is 18.3 Å². The molecule has 1 amide bonds. The number of carbonyl (C=O) groups excluding carboxylic acids is 1. The first-order valence-electron chi connectivity index (χ1n) is 3.31. The van der Waals surface area contributed by atoms with Crippen molar-refractivity contribution in [3.8, 4) is 0 Å². The Labute approximate surface area is 79.1 Å². The number of thiophene rings is 1. The minimum atomic E-state index is -0.375. The second-order valence-corrected chi connectivity index (χ2v) is 4.08. The number of rotatable bonds is 2. The number of hydrogen-bond acceptors (Lipinski definition) is 3. The minimum absolute atomic E-state index is 0.201. The molecular weight excluding hydrogens is 198 g/mol. The lowest BCUT2D eigenvalue weighted by atomic mass is 10.4. The molecule has 1 aromatic heterocycles. The maximum atomic E-state index is 10.6. The fourth-order valence-electron chi connectivity index (χ4n) is 0.696. The number of amides is 1. The maximum absolute atomic E-state index is 10.6. The normalized spacial score (nSPS) is 9.92. The predicted molar refractivity (Wildman–Crippen MR) is 47.3 cm³/mol. The van der Waals surface area contributed by atoms with E-state index in [-0.39, 0.29) is 12.5 Å². The van der Waals surface area contributed by atoms with Crippen LogP contribution in [-0.4, -0.2) is 16.2 Å². The Hall–Kier alpha value is -0.580. The van der Waals surface area contributed by atoms with Crippen LogP contribution >= 0.6 is 22.9 Å². The van der Waals surface area contributed by atoms with Crippen molar-refractivity contribution in [2.24, 2.45) is 0 Å². The summed E-state index contributed by atoms with van der Waals surface area (Å²) in [4.78, 5) is 11.5. The first-order valence-corrected chi connectivity index (χ1v) is 4.50. The van der Waals surface area contributed by atoms with E-state index >= 15 is 0 Å². The third-order valence-corrected chi connectivity index (χ3v) is 2.51. The van der Waals surface area contributed by atoms with Crippen LogP contribution in [0.15, 0.2) is 12.1 Å². The van der Waals surface area contributed by atoms with E-state index in [0.717, 1.165) is 4.88 Å². The Morgan fingerprint density at radius 3 is 2.83 bits per heavy atom. The van der Waals surface area contributed by atoms with E-state index in [4.69, 9.17) is 16.8 Å². The van der Waals surface area contributed by atoms with Gasteiger partial charge in [-0.25, -0.2) is 5.06 Å². The lowest BCUT2D eigenvalue weighted by Crippen LogP contribution is -2.23. The molecule has 0 radical (unpaired) electrons. The molecule has 0 aliphatic rings. The van der Waals surface area contributed by atoms with Crippen LogP contribution in [0, 0.1) is 0 Å². The Morgan fingerprint density at radius 2 is 2.42 bits per heavy atom. The monoisotopic (exact) mass is 205 g/mol. The summed E-state index contributed by atoms with van der Waals surface area (Å²) >= 11 is 7.00. The highest BCUT2D eigenvalue weighted by molar-refractivity contribution is 7.16. The molecule has 1 N–H and O–H groups in total. The largest absolute Gasteiger partial charge is 0.286 e. The van der Waals surface area contributed by atoms with Crippen molar-refractivity contribution in [1.29, 1.82) is 0 Å². The summed E-state index contributed by atoms with van der Waals surface area (Å²) in [6, 6.07) is 3.51. The summed E-state index contributed by atoms with van der Waals surface area (Å²) in [7, 11) is 0. The van der Waals surface area contributed by atoms with Crippen LogP contribution in [0.4, 0.5) is 0 Å². The molecule has 12 heavy (non-hydrogen) atoms. The van der Waals surface area contributed by atoms with Crippen molar-refractivity contribution in [2.45, 2.75) is 13.5 Å². The minimum Gasteiger partial charge on any atom is -0.286 e. The Morgan fingerprint density at radius 1 is 1.75 bits per heavy atom. The van der Waals surface area contributed by atoms with E-state index in [1.807, 2.05) is 0 Å². The van der Waals surface area contributed by atoms with Gasteiger partial charge in [0, 0.05) is 11.8 Å². The quantitative estimate of drug-likeness (QED) is 0.594. The van der Waals surface area contributed by atoms with Crippen LogP contribution < -0.4 is 0 Å². The number of halogens is 1. The van der Waals surface area contributed by atoms with Gasteiger partial charge >= 0.3 is 0 Å². The lowest BCUT2D eigenvalue weighted by molar-refractivity contribution is -0.165. The van der Waals surface area contributed by atoms with Crippen LogP contribution in [0.1, 0.15) is 11.8 Å². The first kappa shape index (κ1) is 9.51. The third-order valence-electron chi connectivity index (χ3n) is 1.30. The maximum Gasteiger partial charge on any atom is 0.243 e. The van der Waals surface area contributed by atoms with Gasteiger partial charge in [0.2, 0.25) is 5.91 Å². The van der Waals surface area contributed by atoms with Gasteiger partial charge < -0.3 is 0 Å². The highest BCUT2D eigenvalue weighted by Crippen LogP contribution is 2.22. The molecule has 0 unspecified atom stereocenters. The smallest absolute Gasteiger partial charge is 0.243 e. The molecule has 5 heteroatoms. The number of carbonyl (C=O) groups is 1. The van der Waals surface area contributed by atoms with Crippen LogP contribution in [0.25, 0.3) is 0 Å². The number of nitrogens with zero attached hydrogens (tertiary/aromatic N) is 1. The fourth-order valence-corrected chi connectivity index (χ4v) is 1.77. The van der Waals surface area contributed by atoms with Gasteiger partial charge in [0.15, 0.2) is 0 Å². The fraction of sp³-hybridized carbons (Fsp3) is 0.286. The van der Waals surface area contributed by atoms with Crippen molar-refractivity contribution >= 4 is 28.8 Å². The molecule has 0 aliphatic heterocycles. The Bertz CT molecular complexity index is 287. The van der Waals surface area contributed by atoms with Gasteiger partial charge in [0.1, 0.15) is 0 Å². The Balaban J connectivity index is 2.58. The Kier molecular flexibility index (Phi) is 3.08. The van der Waals surface area contributed by atoms with Gasteiger partial charge in [0.05, 0.1) is 10.9 Å². The summed E-state index contributed by atoms with van der Waals surface area (Å²) in [5.41, 5.74) is 0. The molecule has 0 saturated carbocycles. The lowest BCUT2D eigenvalue weighted by Gasteiger charge is -2.09. The molecule has 0 saturated heterocycles. The zero-order valence-electron chi connectivity index (χ0n) is 6.45. The van der Waals surface area contributed by atoms with Crippen molar-refractivity contribution in [3.05, 3.63) is 21.3 Å². The molecule has 0 atom stereocenters. The second kappa shape index (κ2) is 3.89. The van der Waals surface area contributed by atoms with Crippen molar-refractivity contribution in [3.63, 3.8) is 0 Å². The molecule has 0 spiro atoms. The van der Waals surface area contributed by atoms with Crippen molar-refractivity contribution in [1.82, 2.24) is 5.06 Å². The van der Waals surface area contributed by atoms with Crippen molar-refractivity contribution < 1.29 is 10.0 Å². The molecule has 3 nitrogen and oxygen atoms in total. The standard InChI is InChI=1S/C7H8ClNO2S/c1-5(10)9(11)4-6-2-3-7(8)12-6/h2-3,11H,4H2,1H3. The molecule has 1 rings (SSSR count). The van der Waals surface area contributed by atoms with E-state index < -0.39 is 0 Å². The topological polar surface area (TPSA) is 40.5 Å². The third kappa shape index (κ3) is 2.48. The van der Waals surface area contributed by atoms with E-state index in [0.29, 0.717) is 9.40 Å². The van der Waals surface area contributed by atoms with Crippen molar-refractivity contribution in [2.75, 3.05) is 0 Å². The summed E-state index contributed by atoms with van der Waals surface area (Å²) in [5.74, 6) is -0.375. The average molecular weight is 206 g/mol. The highest BCUT2D eigenvalue weighted by Gasteiger charge is 2.06. The molecule has 0 aliphatic carbocycles. The summed E-state index contributed by atoms with van der Waals surface area (Å²) in [6.07, 6.45) is 0. The summed E-state index contributed by atoms with van der Waals surface area (Å²) < 4.78 is 0.655. The second-order valence-electron chi connectivity index (χ2n) is 2.28. The summed E-state index contributed by atoms with van der Waals surface area (Å²) in [6.45, 7) is 1.50. The zero-order chi connectivity index (χ0) is 9.14. The zero-order valence-corrected chi connectivity index (χ0v) is 8.02. The van der Waals surface area contributed by atoms with Gasteiger partial charge in [-0.2, -0.15) is 0 Å². The van der Waals surface area contributed by atoms with Gasteiger partial charge in [-0.3, -0.25) is 10.0 Å². The predicted octanol–water partition coefficient (Wildman–Crippen LogP) is 2.14. The molecule has 1 aromatic rings. The van der Waals surface area contributed by atoms with E-state index in [2.05, 4.69) is 0 Å². The highest BCUT2D eigenvalue weighted by atomic mass is 35.5. The number of hydrogen-bond donors (Lipinski definition) is 1. The van der Waals surface area contributed by atoms with Gasteiger partial charge in [-0.05, 0) is 12.1 Å². The van der Waals surface area contributed by atoms with Crippen LogP contribution in [0.3, 0.4) is 0 Å². The van der Waals surface area contributed by atoms with Crippen LogP contribution in [0.5, 0.6) is 0 Å². The molecular formula is C7H8ClNO2S. The molecule has 66 valence electrons. The molecule has 1 heterocycles. The van der Waals surface area contributed by atoms with Crippen LogP contribution in [-0.2, 0) is 11.3 Å². The van der Waals surface area contributed by atoms with E-state index in [9.17, 15) is 4.79 Å². The van der Waals surface area contributed by atoms with E-state index in [1.54, 1.807) is 12.1 Å². The van der Waals surface area contributed by atoms with Gasteiger partial charge in [-0.15, -0.1) is 11.3 Å². The average Bonchev–Trinajstić information content (AvgIpc) is 2.35. The SMILES string of the molecule is CC(=O)N(O)Cc1ccc(Cl)s1. The summed E-state index contributed by atoms with van der Waals surface area (Å²) in [5, 5.41) is 9.69. The molecule has 0 bridgehead atoms. The first-order chi connectivity index (χ1) is 5.59. The molecule has 0 fully saturated rings. The van der Waals surface area contributed by atoms with Crippen LogP contribution in [0.2, 0.25) is 4.34 Å². The molecule has 0 aromatic carbocycles. The number of hydroxylamine groups is 2. The van der Waals surface area contributed by atoms with Gasteiger partial charge in [-0.1, -0.05) is 11.6 Å². The van der Waals surface area contributed by atoms with Gasteiger partial charge in [0.25, 0.3) is 0 Å².